The van der Waals surface area contributed by atoms with E-state index in [4.69, 9.17) is 38.6 Å². The number of nitrogen functional groups attached to an aromatic ring is 2. The predicted octanol–water partition coefficient (Wildman–Crippen LogP) is 1.76. The Labute approximate surface area is 539 Å². The smallest absolute Gasteiger partial charge is 0.111 e. The van der Waals surface area contributed by atoms with Crippen molar-refractivity contribution in [1.82, 2.24) is 0 Å². The van der Waals surface area contributed by atoms with Crippen molar-refractivity contribution in [2.75, 3.05) is 11.5 Å². The van der Waals surface area contributed by atoms with Gasteiger partial charge in [-0.3, -0.25) is 0 Å². The summed E-state index contributed by atoms with van der Waals surface area (Å²) in [7, 11) is 89.4. The summed E-state index contributed by atoms with van der Waals surface area (Å²) in [6, 6.07) is 3.86. The van der Waals surface area contributed by atoms with E-state index in [0.717, 1.165) is 11.1 Å². The number of fused-ring (bicyclic) bond motifs is 5. The van der Waals surface area contributed by atoms with Crippen molar-refractivity contribution >= 4 is 478 Å². The SMILES string of the molecule is CC12C=CC(C)(O1)c1cc(N)c(N)cc12.S=S=S=S=S=S=S=S=S=S=S=S=S=S=S=S=S=S=S=S=S=S=S=S=S=S=S=S=S=S=S=S=S=S=S=S=S=S=S=S=S=S=S=S=S=S=S=S=S=S=S=S. The second kappa shape index (κ2) is 53.9. The first-order valence-corrected chi connectivity index (χ1v) is 81.6. The molecule has 0 saturated heterocycles. The summed E-state index contributed by atoms with van der Waals surface area (Å²) in [5, 5.41) is 0. The Balaban J connectivity index is 0.000000845. The van der Waals surface area contributed by atoms with E-state index in [2.05, 4.69) is 26.0 Å². The van der Waals surface area contributed by atoms with Crippen LogP contribution in [0.2, 0.25) is 0 Å². The minimum atomic E-state index is -0.327. The fourth-order valence-corrected chi connectivity index (χ4v) is 135. The molecule has 2 heterocycles. The lowest BCUT2D eigenvalue weighted by molar-refractivity contribution is -0.0495. The summed E-state index contributed by atoms with van der Waals surface area (Å²) < 4.78 is 6.01. The van der Waals surface area contributed by atoms with Gasteiger partial charge in [-0.1, -0.05) is 0 Å². The Bertz CT molecular complexity index is 4220. The zero-order valence-corrected chi connectivity index (χ0v) is 72.6. The van der Waals surface area contributed by atoms with E-state index in [-0.39, 0.29) is 11.2 Å². The number of hydrogen-bond donors (Lipinski definition) is 2. The Kier molecular flexibility index (Phi) is 58.8. The Morgan fingerprint density at radius 2 is 0.418 bits per heavy atom. The van der Waals surface area contributed by atoms with Crippen LogP contribution in [0.25, 0.3) is 0 Å². The van der Waals surface area contributed by atoms with Gasteiger partial charge in [-0.25, -0.2) is 0 Å². The maximum absolute atomic E-state index is 6.01. The van der Waals surface area contributed by atoms with E-state index >= 15 is 0 Å². The van der Waals surface area contributed by atoms with Gasteiger partial charge in [0.25, 0.3) is 0 Å². The molecule has 0 radical (unpaired) electrons. The number of hydrogen-bond acceptors (Lipinski definition) is 5. The Hall–Kier alpha value is 9.96. The highest BCUT2D eigenvalue weighted by Crippen LogP contribution is 2.54. The monoisotopic (exact) mass is 1860 g/mol. The third-order valence-electron chi connectivity index (χ3n) is 4.80. The van der Waals surface area contributed by atoms with Crippen LogP contribution in [0.1, 0.15) is 25.0 Å². The molecule has 0 saturated carbocycles. The summed E-state index contributed by atoms with van der Waals surface area (Å²) in [4.78, 5) is 0. The number of rotatable bonds is 0. The number of anilines is 2. The average Bonchev–Trinajstić information content (AvgIpc) is 3.76. The fourth-order valence-electron chi connectivity index (χ4n) is 3.11. The third kappa shape index (κ3) is 41.6. The third-order valence-corrected chi connectivity index (χ3v) is 114. The second-order valence-electron chi connectivity index (χ2n) is 8.08. The minimum Gasteiger partial charge on any atom is -0.397 e. The quantitative estimate of drug-likeness (QED) is 0.307. The predicted molar refractivity (Wildman–Crippen MR) is 443 cm³/mol. The molecule has 390 valence electrons. The molecule has 1 aromatic rings. The van der Waals surface area contributed by atoms with Crippen molar-refractivity contribution in [3.8, 4) is 0 Å². The van der Waals surface area contributed by atoms with Crippen molar-refractivity contribution in [2.24, 2.45) is 0 Å². The van der Waals surface area contributed by atoms with E-state index in [1.807, 2.05) is 332 Å². The molecule has 2 aliphatic heterocycles. The lowest BCUT2D eigenvalue weighted by Gasteiger charge is -2.18. The Morgan fingerprint density at radius 1 is 0.284 bits per heavy atom. The van der Waals surface area contributed by atoms with Crippen LogP contribution in [0, 0.1) is 0 Å². The van der Waals surface area contributed by atoms with Crippen molar-refractivity contribution in [3.05, 3.63) is 35.4 Å². The first-order valence-electron chi connectivity index (χ1n) is 13.6. The molecule has 1 aromatic carbocycles. The van der Waals surface area contributed by atoms with Gasteiger partial charge in [0.15, 0.2) is 0 Å². The van der Waals surface area contributed by atoms with Crippen molar-refractivity contribution in [1.29, 1.82) is 0 Å². The fraction of sp³-hybridized carbons (Fsp3) is 0.333. The van der Waals surface area contributed by atoms with Gasteiger partial charge in [-0.2, -0.15) is 0 Å². The van der Waals surface area contributed by atoms with Crippen LogP contribution in [0.4, 0.5) is 11.4 Å². The number of benzene rings is 1. The van der Waals surface area contributed by atoms with E-state index in [0.29, 0.717) is 11.4 Å². The zero-order chi connectivity index (χ0) is 48.2. The molecular formula is C12H14N2OS52. The second-order valence-corrected chi connectivity index (χ2v) is 96.5. The van der Waals surface area contributed by atoms with Crippen LogP contribution in [-0.2, 0) is 482 Å². The Morgan fingerprint density at radius 3 is 0.552 bits per heavy atom. The summed E-state index contributed by atoms with van der Waals surface area (Å²) in [6.07, 6.45) is 4.18. The van der Waals surface area contributed by atoms with Crippen LogP contribution >= 0.6 is 0 Å². The van der Waals surface area contributed by atoms with Gasteiger partial charge in [0.2, 0.25) is 0 Å². The molecule has 67 heavy (non-hydrogen) atoms. The molecule has 3 rings (SSSR count). The van der Waals surface area contributed by atoms with Crippen LogP contribution in [-0.4, -0.2) is 0 Å². The molecule has 0 spiro atoms. The number of ether oxygens (including phenoxy) is 1. The summed E-state index contributed by atoms with van der Waals surface area (Å²) in [5.41, 5.74) is 14.5. The van der Waals surface area contributed by atoms with Gasteiger partial charge in [0.05, 0.1) is 11.4 Å². The normalized spacial score (nSPS) is 14.1. The molecule has 2 atom stereocenters. The van der Waals surface area contributed by atoms with E-state index < -0.39 is 0 Å². The molecule has 2 unspecified atom stereocenters. The van der Waals surface area contributed by atoms with E-state index in [1.165, 1.54) is 17.8 Å². The molecule has 0 fully saturated rings. The van der Waals surface area contributed by atoms with Crippen molar-refractivity contribution in [2.45, 2.75) is 25.0 Å². The lowest BCUT2D eigenvalue weighted by Crippen LogP contribution is -2.17. The first-order chi connectivity index (χ1) is 32.9. The molecule has 2 aliphatic rings. The van der Waals surface area contributed by atoms with Gasteiger partial charge in [0, 0.05) is 466 Å². The van der Waals surface area contributed by atoms with Crippen molar-refractivity contribution in [3.63, 3.8) is 0 Å². The molecule has 0 amide bonds. The summed E-state index contributed by atoms with van der Waals surface area (Å²) in [5.74, 6) is 0. The van der Waals surface area contributed by atoms with Gasteiger partial charge in [-0.05, 0) is 49.3 Å². The standard InChI is InChI=1S/C12H14N2O.S52/c1-11-3-4-12(2,15-11)8-6-10(14)9(13)5-7(8)11;1-3-5-7-9-11-13-15-17-19-21-23-25-27-29-31-33-35-37-39-41-43-45-47-49-51-52-50-48-46-44-42-40-38-36-34-32-30-28-26-24-22-20-18-16-14-12-10-8-6-4-2/h3-6H,13-14H2,1-2H3;. The molecule has 2 bridgehead atoms. The minimum absolute atomic E-state index is 0.327. The topological polar surface area (TPSA) is 61.3 Å². The largest absolute Gasteiger partial charge is 0.397 e. The summed E-state index contributed by atoms with van der Waals surface area (Å²) in [6.45, 7) is 4.10. The van der Waals surface area contributed by atoms with Gasteiger partial charge in [0.1, 0.15) is 11.2 Å². The van der Waals surface area contributed by atoms with Crippen LogP contribution < -0.4 is 11.5 Å². The van der Waals surface area contributed by atoms with Gasteiger partial charge >= 0.3 is 0 Å². The van der Waals surface area contributed by atoms with Crippen LogP contribution in [0.15, 0.2) is 24.3 Å². The highest BCUT2D eigenvalue weighted by atomic mass is 33.5. The first kappa shape index (κ1) is 73.1. The average molecular weight is 1870 g/mol. The maximum atomic E-state index is 6.01. The molecular weight excluding hydrogens is 1860 g/mol. The van der Waals surface area contributed by atoms with Crippen molar-refractivity contribution < 1.29 is 4.74 Å². The molecule has 55 heteroatoms. The molecule has 3 nitrogen and oxygen atoms in total. The highest BCUT2D eigenvalue weighted by molar-refractivity contribution is 8.82. The molecule has 4 N–H and O–H groups in total. The van der Waals surface area contributed by atoms with E-state index in [1.54, 1.807) is 107 Å². The summed E-state index contributed by atoms with van der Waals surface area (Å²) >= 11 is 9.63. The molecule has 0 aliphatic carbocycles. The highest BCUT2D eigenvalue weighted by Gasteiger charge is 2.50. The lowest BCUT2D eigenvalue weighted by atomic mass is 9.83. The number of nitrogens with two attached hydrogens (primary N) is 2. The van der Waals surface area contributed by atoms with Crippen LogP contribution in [0.3, 0.4) is 0 Å². The maximum Gasteiger partial charge on any atom is 0.111 e. The van der Waals surface area contributed by atoms with Gasteiger partial charge < -0.3 is 16.2 Å². The van der Waals surface area contributed by atoms with E-state index in [9.17, 15) is 0 Å². The molecule has 0 aromatic heterocycles. The van der Waals surface area contributed by atoms with Crippen LogP contribution in [0.5, 0.6) is 0 Å². The van der Waals surface area contributed by atoms with Gasteiger partial charge in [-0.15, -0.1) is 0 Å². The zero-order valence-electron chi connectivity index (χ0n) is 30.1.